The Bertz CT molecular complexity index is 385. The monoisotopic (exact) mass is 301 g/mol. The van der Waals surface area contributed by atoms with Gasteiger partial charge in [0.15, 0.2) is 0 Å². The standard InChI is InChI=1S/C13H24ClN5O/c1-3-5-10(6-8-20)9-16-13-18-11(14)17-12(19-13)15-7-4-2/h10,20H,3-9H2,1-2H3,(H2,15,16,17,18,19). The maximum atomic E-state index is 9.05. The molecule has 20 heavy (non-hydrogen) atoms. The van der Waals surface area contributed by atoms with E-state index in [9.17, 15) is 0 Å². The summed E-state index contributed by atoms with van der Waals surface area (Å²) in [5.41, 5.74) is 0. The number of aromatic nitrogens is 3. The second-order valence-corrected chi connectivity index (χ2v) is 5.06. The van der Waals surface area contributed by atoms with E-state index < -0.39 is 0 Å². The van der Waals surface area contributed by atoms with Crippen molar-refractivity contribution in [3.05, 3.63) is 5.28 Å². The largest absolute Gasteiger partial charge is 0.396 e. The number of aliphatic hydroxyl groups is 1. The Hall–Kier alpha value is -1.14. The number of rotatable bonds is 10. The summed E-state index contributed by atoms with van der Waals surface area (Å²) in [7, 11) is 0. The first-order valence-corrected chi connectivity index (χ1v) is 7.57. The highest BCUT2D eigenvalue weighted by Crippen LogP contribution is 2.14. The zero-order chi connectivity index (χ0) is 14.8. The van der Waals surface area contributed by atoms with Crippen LogP contribution in [0.25, 0.3) is 0 Å². The van der Waals surface area contributed by atoms with E-state index in [0.717, 1.165) is 38.8 Å². The van der Waals surface area contributed by atoms with Gasteiger partial charge in [-0.2, -0.15) is 15.0 Å². The molecule has 1 rings (SSSR count). The van der Waals surface area contributed by atoms with E-state index in [1.54, 1.807) is 0 Å². The smallest absolute Gasteiger partial charge is 0.228 e. The summed E-state index contributed by atoms with van der Waals surface area (Å²) in [6.07, 6.45) is 3.92. The molecule has 0 radical (unpaired) electrons. The molecule has 6 nitrogen and oxygen atoms in total. The molecule has 0 aliphatic carbocycles. The molecule has 3 N–H and O–H groups in total. The van der Waals surface area contributed by atoms with E-state index in [1.165, 1.54) is 0 Å². The number of halogens is 1. The van der Waals surface area contributed by atoms with E-state index in [2.05, 4.69) is 39.4 Å². The molecule has 1 aromatic heterocycles. The fraction of sp³-hybridized carbons (Fsp3) is 0.769. The van der Waals surface area contributed by atoms with Crippen LogP contribution in [0.4, 0.5) is 11.9 Å². The minimum Gasteiger partial charge on any atom is -0.396 e. The van der Waals surface area contributed by atoms with Gasteiger partial charge in [-0.25, -0.2) is 0 Å². The maximum absolute atomic E-state index is 9.05. The topological polar surface area (TPSA) is 83.0 Å². The molecule has 0 bridgehead atoms. The van der Waals surface area contributed by atoms with Crippen LogP contribution in [-0.4, -0.2) is 39.8 Å². The summed E-state index contributed by atoms with van der Waals surface area (Å²) >= 11 is 5.88. The van der Waals surface area contributed by atoms with Gasteiger partial charge in [0, 0.05) is 19.7 Å². The molecular weight excluding hydrogens is 278 g/mol. The molecule has 0 aliphatic rings. The molecule has 0 aromatic carbocycles. The lowest BCUT2D eigenvalue weighted by molar-refractivity contribution is 0.255. The van der Waals surface area contributed by atoms with Crippen molar-refractivity contribution < 1.29 is 5.11 Å². The highest BCUT2D eigenvalue weighted by atomic mass is 35.5. The molecule has 0 fully saturated rings. The van der Waals surface area contributed by atoms with Crippen LogP contribution in [0.2, 0.25) is 5.28 Å². The van der Waals surface area contributed by atoms with Crippen LogP contribution in [0.5, 0.6) is 0 Å². The first kappa shape index (κ1) is 16.9. The van der Waals surface area contributed by atoms with E-state index in [-0.39, 0.29) is 11.9 Å². The van der Waals surface area contributed by atoms with Gasteiger partial charge in [0.1, 0.15) is 0 Å². The van der Waals surface area contributed by atoms with Gasteiger partial charge in [-0.1, -0.05) is 20.3 Å². The molecule has 114 valence electrons. The predicted molar refractivity (Wildman–Crippen MR) is 82.2 cm³/mol. The van der Waals surface area contributed by atoms with E-state index in [0.29, 0.717) is 17.8 Å². The maximum Gasteiger partial charge on any atom is 0.228 e. The number of hydrogen-bond donors (Lipinski definition) is 3. The summed E-state index contributed by atoms with van der Waals surface area (Å²) in [5.74, 6) is 1.37. The molecule has 1 heterocycles. The number of nitrogens with one attached hydrogen (secondary N) is 2. The number of aliphatic hydroxyl groups excluding tert-OH is 1. The van der Waals surface area contributed by atoms with Crippen LogP contribution >= 0.6 is 11.6 Å². The minimum atomic E-state index is 0.176. The third-order valence-electron chi connectivity index (χ3n) is 2.92. The van der Waals surface area contributed by atoms with Crippen molar-refractivity contribution in [2.75, 3.05) is 30.3 Å². The Balaban J connectivity index is 2.59. The second-order valence-electron chi connectivity index (χ2n) is 4.73. The molecule has 0 saturated carbocycles. The first-order valence-electron chi connectivity index (χ1n) is 7.19. The van der Waals surface area contributed by atoms with Crippen LogP contribution < -0.4 is 10.6 Å². The van der Waals surface area contributed by atoms with Crippen molar-refractivity contribution in [1.29, 1.82) is 0 Å². The fourth-order valence-electron chi connectivity index (χ4n) is 1.92. The third kappa shape index (κ3) is 6.34. The van der Waals surface area contributed by atoms with E-state index >= 15 is 0 Å². The first-order chi connectivity index (χ1) is 9.69. The quantitative estimate of drug-likeness (QED) is 0.616. The van der Waals surface area contributed by atoms with Crippen LogP contribution in [0, 0.1) is 5.92 Å². The van der Waals surface area contributed by atoms with Gasteiger partial charge in [0.05, 0.1) is 0 Å². The summed E-state index contributed by atoms with van der Waals surface area (Å²) in [4.78, 5) is 12.4. The Kier molecular flexibility index (Phi) is 8.22. The molecule has 0 amide bonds. The highest BCUT2D eigenvalue weighted by Gasteiger charge is 2.09. The zero-order valence-corrected chi connectivity index (χ0v) is 12.9. The highest BCUT2D eigenvalue weighted by molar-refractivity contribution is 6.28. The Morgan fingerprint density at radius 1 is 1.05 bits per heavy atom. The molecule has 0 aliphatic heterocycles. The van der Waals surface area contributed by atoms with Crippen molar-refractivity contribution in [2.24, 2.45) is 5.92 Å². The predicted octanol–water partition coefficient (Wildman–Crippen LogP) is 2.56. The molecule has 0 saturated heterocycles. The van der Waals surface area contributed by atoms with E-state index in [1.807, 2.05) is 0 Å². The molecule has 1 aromatic rings. The van der Waals surface area contributed by atoms with Gasteiger partial charge in [-0.3, -0.25) is 0 Å². The Morgan fingerprint density at radius 2 is 1.75 bits per heavy atom. The molecule has 0 spiro atoms. The van der Waals surface area contributed by atoms with Gasteiger partial charge >= 0.3 is 0 Å². The van der Waals surface area contributed by atoms with Gasteiger partial charge in [-0.15, -0.1) is 0 Å². The SMILES string of the molecule is CCCNc1nc(Cl)nc(NCC(CCC)CCO)n1. The van der Waals surface area contributed by atoms with Gasteiger partial charge in [-0.05, 0) is 36.8 Å². The summed E-state index contributed by atoms with van der Waals surface area (Å²) in [5, 5.41) is 15.5. The summed E-state index contributed by atoms with van der Waals surface area (Å²) in [6.45, 7) is 5.93. The Labute approximate surface area is 125 Å². The number of nitrogens with zero attached hydrogens (tertiary/aromatic N) is 3. The van der Waals surface area contributed by atoms with Crippen LogP contribution in [0.1, 0.15) is 39.5 Å². The Morgan fingerprint density at radius 3 is 2.35 bits per heavy atom. The zero-order valence-electron chi connectivity index (χ0n) is 12.2. The van der Waals surface area contributed by atoms with Gasteiger partial charge in [0.25, 0.3) is 0 Å². The van der Waals surface area contributed by atoms with Crippen LogP contribution in [0.15, 0.2) is 0 Å². The third-order valence-corrected chi connectivity index (χ3v) is 3.09. The number of hydrogen-bond acceptors (Lipinski definition) is 6. The van der Waals surface area contributed by atoms with Crippen molar-refractivity contribution in [3.63, 3.8) is 0 Å². The molecule has 1 unspecified atom stereocenters. The lowest BCUT2D eigenvalue weighted by atomic mass is 10.0. The lowest BCUT2D eigenvalue weighted by Gasteiger charge is -2.15. The minimum absolute atomic E-state index is 0.176. The van der Waals surface area contributed by atoms with Crippen LogP contribution in [0.3, 0.4) is 0 Å². The van der Waals surface area contributed by atoms with E-state index in [4.69, 9.17) is 16.7 Å². The second kappa shape index (κ2) is 9.72. The van der Waals surface area contributed by atoms with Crippen molar-refractivity contribution in [3.8, 4) is 0 Å². The summed E-state index contributed by atoms with van der Waals surface area (Å²) < 4.78 is 0. The molecule has 7 heteroatoms. The van der Waals surface area contributed by atoms with Crippen molar-refractivity contribution in [1.82, 2.24) is 15.0 Å². The lowest BCUT2D eigenvalue weighted by Crippen LogP contribution is -2.18. The summed E-state index contributed by atoms with van der Waals surface area (Å²) in [6, 6.07) is 0. The molecule has 1 atom stereocenters. The van der Waals surface area contributed by atoms with Crippen molar-refractivity contribution in [2.45, 2.75) is 39.5 Å². The molecular formula is C13H24ClN5O. The average molecular weight is 302 g/mol. The van der Waals surface area contributed by atoms with Crippen molar-refractivity contribution >= 4 is 23.5 Å². The van der Waals surface area contributed by atoms with Gasteiger partial charge < -0.3 is 15.7 Å². The number of anilines is 2. The average Bonchev–Trinajstić information content (AvgIpc) is 2.42. The van der Waals surface area contributed by atoms with Crippen LogP contribution in [-0.2, 0) is 0 Å². The normalized spacial score (nSPS) is 12.2. The fourth-order valence-corrected chi connectivity index (χ4v) is 2.08. The van der Waals surface area contributed by atoms with Gasteiger partial charge in [0.2, 0.25) is 17.2 Å².